The molecule has 1 aromatic carbocycles. The monoisotopic (exact) mass is 263 g/mol. The molecule has 19 heavy (non-hydrogen) atoms. The molecule has 0 saturated carbocycles. The van der Waals surface area contributed by atoms with E-state index in [0.717, 1.165) is 11.1 Å². The summed E-state index contributed by atoms with van der Waals surface area (Å²) in [6.07, 6.45) is 1.71. The number of amides is 1. The van der Waals surface area contributed by atoms with Gasteiger partial charge in [-0.1, -0.05) is 36.9 Å². The molecule has 1 rings (SSSR count). The van der Waals surface area contributed by atoms with Crippen LogP contribution in [-0.2, 0) is 22.4 Å². The number of alkyl carbamates (subject to hydrolysis) is 1. The van der Waals surface area contributed by atoms with E-state index in [0.29, 0.717) is 13.0 Å². The SMILES string of the molecule is C=CCOC(=O)NCCc1ccc(CC(=O)O)cc1. The predicted octanol–water partition coefficient (Wildman–Crippen LogP) is 1.77. The minimum absolute atomic E-state index is 0.0202. The normalized spacial score (nSPS) is 9.68. The zero-order valence-corrected chi connectivity index (χ0v) is 10.6. The summed E-state index contributed by atoms with van der Waals surface area (Å²) in [4.78, 5) is 21.6. The molecule has 102 valence electrons. The van der Waals surface area contributed by atoms with Crippen LogP contribution in [0.2, 0.25) is 0 Å². The smallest absolute Gasteiger partial charge is 0.407 e. The van der Waals surface area contributed by atoms with E-state index in [2.05, 4.69) is 11.9 Å². The van der Waals surface area contributed by atoms with Crippen LogP contribution in [0, 0.1) is 0 Å². The highest BCUT2D eigenvalue weighted by atomic mass is 16.5. The quantitative estimate of drug-likeness (QED) is 0.735. The Bertz CT molecular complexity index is 439. The second-order valence-corrected chi connectivity index (χ2v) is 3.95. The van der Waals surface area contributed by atoms with Crippen molar-refractivity contribution in [1.82, 2.24) is 5.32 Å². The van der Waals surface area contributed by atoms with Crippen LogP contribution in [0.15, 0.2) is 36.9 Å². The number of hydrogen-bond donors (Lipinski definition) is 2. The van der Waals surface area contributed by atoms with Gasteiger partial charge in [0, 0.05) is 6.54 Å². The van der Waals surface area contributed by atoms with Gasteiger partial charge in [-0.2, -0.15) is 0 Å². The summed E-state index contributed by atoms with van der Waals surface area (Å²) in [5, 5.41) is 11.3. The maximum atomic E-state index is 11.1. The average molecular weight is 263 g/mol. The lowest BCUT2D eigenvalue weighted by atomic mass is 10.1. The molecule has 0 aromatic heterocycles. The van der Waals surface area contributed by atoms with Crippen LogP contribution >= 0.6 is 0 Å². The highest BCUT2D eigenvalue weighted by Crippen LogP contribution is 2.05. The summed E-state index contributed by atoms with van der Waals surface area (Å²) in [6.45, 7) is 4.10. The zero-order valence-electron chi connectivity index (χ0n) is 10.6. The Hall–Kier alpha value is -2.30. The molecule has 0 unspecified atom stereocenters. The van der Waals surface area contributed by atoms with Gasteiger partial charge >= 0.3 is 12.1 Å². The first kappa shape index (κ1) is 14.8. The molecule has 0 bridgehead atoms. The first-order chi connectivity index (χ1) is 9.11. The van der Waals surface area contributed by atoms with Crippen molar-refractivity contribution >= 4 is 12.1 Å². The Balaban J connectivity index is 2.31. The lowest BCUT2D eigenvalue weighted by Crippen LogP contribution is -2.26. The van der Waals surface area contributed by atoms with Gasteiger partial charge in [0.2, 0.25) is 0 Å². The molecule has 1 amide bonds. The molecule has 0 aliphatic carbocycles. The summed E-state index contributed by atoms with van der Waals surface area (Å²) in [7, 11) is 0. The van der Waals surface area contributed by atoms with Crippen molar-refractivity contribution in [2.45, 2.75) is 12.8 Å². The molecule has 0 saturated heterocycles. The summed E-state index contributed by atoms with van der Waals surface area (Å²) < 4.78 is 4.76. The average Bonchev–Trinajstić information content (AvgIpc) is 2.38. The van der Waals surface area contributed by atoms with E-state index < -0.39 is 12.1 Å². The fourth-order valence-electron chi connectivity index (χ4n) is 1.49. The van der Waals surface area contributed by atoms with E-state index in [1.165, 1.54) is 6.08 Å². The number of ether oxygens (including phenoxy) is 1. The summed E-state index contributed by atoms with van der Waals surface area (Å²) in [5.41, 5.74) is 1.78. The fourth-order valence-corrected chi connectivity index (χ4v) is 1.49. The Labute approximate surface area is 111 Å². The second kappa shape index (κ2) is 7.92. The van der Waals surface area contributed by atoms with Gasteiger partial charge in [-0.25, -0.2) is 4.79 Å². The Kier molecular flexibility index (Phi) is 6.15. The Morgan fingerprint density at radius 2 is 1.89 bits per heavy atom. The van der Waals surface area contributed by atoms with Crippen molar-refractivity contribution in [2.24, 2.45) is 0 Å². The van der Waals surface area contributed by atoms with Gasteiger partial charge in [-0.05, 0) is 17.5 Å². The van der Waals surface area contributed by atoms with Crippen LogP contribution in [0.25, 0.3) is 0 Å². The first-order valence-electron chi connectivity index (χ1n) is 5.93. The van der Waals surface area contributed by atoms with Crippen LogP contribution in [0.4, 0.5) is 4.79 Å². The van der Waals surface area contributed by atoms with Crippen molar-refractivity contribution in [1.29, 1.82) is 0 Å². The topological polar surface area (TPSA) is 75.6 Å². The molecule has 0 fully saturated rings. The maximum Gasteiger partial charge on any atom is 0.407 e. The van der Waals surface area contributed by atoms with E-state index in [-0.39, 0.29) is 13.0 Å². The van der Waals surface area contributed by atoms with Gasteiger partial charge in [-0.3, -0.25) is 4.79 Å². The maximum absolute atomic E-state index is 11.1. The van der Waals surface area contributed by atoms with E-state index in [1.54, 1.807) is 12.1 Å². The Morgan fingerprint density at radius 1 is 1.26 bits per heavy atom. The van der Waals surface area contributed by atoms with Crippen molar-refractivity contribution in [2.75, 3.05) is 13.2 Å². The fraction of sp³-hybridized carbons (Fsp3) is 0.286. The molecule has 0 aliphatic rings. The van der Waals surface area contributed by atoms with Gasteiger partial charge < -0.3 is 15.2 Å². The minimum atomic E-state index is -0.848. The molecule has 0 heterocycles. The molecule has 2 N–H and O–H groups in total. The van der Waals surface area contributed by atoms with Crippen LogP contribution in [0.3, 0.4) is 0 Å². The van der Waals surface area contributed by atoms with Gasteiger partial charge in [-0.15, -0.1) is 0 Å². The zero-order chi connectivity index (χ0) is 14.1. The highest BCUT2D eigenvalue weighted by Gasteiger charge is 2.02. The number of rotatable bonds is 7. The molecular formula is C14H17NO4. The lowest BCUT2D eigenvalue weighted by molar-refractivity contribution is -0.136. The number of carbonyl (C=O) groups is 2. The highest BCUT2D eigenvalue weighted by molar-refractivity contribution is 5.70. The Morgan fingerprint density at radius 3 is 2.47 bits per heavy atom. The molecule has 0 aliphatic heterocycles. The van der Waals surface area contributed by atoms with Gasteiger partial charge in [0.1, 0.15) is 6.61 Å². The summed E-state index contributed by atoms with van der Waals surface area (Å²) >= 11 is 0. The molecule has 0 radical (unpaired) electrons. The largest absolute Gasteiger partial charge is 0.481 e. The molecule has 1 aromatic rings. The second-order valence-electron chi connectivity index (χ2n) is 3.95. The first-order valence-corrected chi connectivity index (χ1v) is 5.93. The summed E-state index contributed by atoms with van der Waals surface area (Å²) in [6, 6.07) is 7.27. The number of carboxylic acids is 1. The summed E-state index contributed by atoms with van der Waals surface area (Å²) in [5.74, 6) is -0.848. The molecule has 5 nitrogen and oxygen atoms in total. The van der Waals surface area contributed by atoms with Crippen molar-refractivity contribution < 1.29 is 19.4 Å². The predicted molar refractivity (Wildman–Crippen MR) is 71.0 cm³/mol. The molecular weight excluding hydrogens is 246 g/mol. The van der Waals surface area contributed by atoms with E-state index in [1.807, 2.05) is 12.1 Å². The number of carbonyl (C=O) groups excluding carboxylic acids is 1. The number of benzene rings is 1. The third-order valence-corrected chi connectivity index (χ3v) is 2.39. The van der Waals surface area contributed by atoms with Crippen molar-refractivity contribution in [3.8, 4) is 0 Å². The van der Waals surface area contributed by atoms with Crippen LogP contribution in [0.1, 0.15) is 11.1 Å². The lowest BCUT2D eigenvalue weighted by Gasteiger charge is -2.06. The third-order valence-electron chi connectivity index (χ3n) is 2.39. The van der Waals surface area contributed by atoms with E-state index in [9.17, 15) is 9.59 Å². The minimum Gasteiger partial charge on any atom is -0.481 e. The third kappa shape index (κ3) is 6.26. The van der Waals surface area contributed by atoms with Gasteiger partial charge in [0.15, 0.2) is 0 Å². The van der Waals surface area contributed by atoms with Crippen LogP contribution < -0.4 is 5.32 Å². The van der Waals surface area contributed by atoms with Crippen molar-refractivity contribution in [3.05, 3.63) is 48.0 Å². The molecule has 5 heteroatoms. The number of carboxylic acid groups (broad SMARTS) is 1. The van der Waals surface area contributed by atoms with Crippen molar-refractivity contribution in [3.63, 3.8) is 0 Å². The van der Waals surface area contributed by atoms with Crippen LogP contribution in [-0.4, -0.2) is 30.3 Å². The molecule has 0 spiro atoms. The number of nitrogens with one attached hydrogen (secondary N) is 1. The van der Waals surface area contributed by atoms with E-state index in [4.69, 9.17) is 9.84 Å². The van der Waals surface area contributed by atoms with Gasteiger partial charge in [0.25, 0.3) is 0 Å². The number of hydrogen-bond acceptors (Lipinski definition) is 3. The molecule has 0 atom stereocenters. The number of aliphatic carboxylic acids is 1. The van der Waals surface area contributed by atoms with E-state index >= 15 is 0 Å². The van der Waals surface area contributed by atoms with Gasteiger partial charge in [0.05, 0.1) is 6.42 Å². The van der Waals surface area contributed by atoms with Crippen LogP contribution in [0.5, 0.6) is 0 Å². The standard InChI is InChI=1S/C14H17NO4/c1-2-9-19-14(18)15-8-7-11-3-5-12(6-4-11)10-13(16)17/h2-6H,1,7-10H2,(H,15,18)(H,16,17).